The van der Waals surface area contributed by atoms with Crippen LogP contribution >= 0.6 is 0 Å². The predicted molar refractivity (Wildman–Crippen MR) is 129 cm³/mol. The van der Waals surface area contributed by atoms with E-state index < -0.39 is 17.9 Å². The highest BCUT2D eigenvalue weighted by atomic mass is 16.3. The van der Waals surface area contributed by atoms with E-state index in [0.717, 1.165) is 0 Å². The van der Waals surface area contributed by atoms with E-state index in [0.29, 0.717) is 33.6 Å². The quantitative estimate of drug-likeness (QED) is 0.395. The average Bonchev–Trinajstić information content (AvgIpc) is 3.43. The lowest BCUT2D eigenvalue weighted by Gasteiger charge is -2.30. The number of amides is 3. The second-order valence-electron chi connectivity index (χ2n) is 7.73. The number of nitrogens with one attached hydrogen (secondary N) is 3. The van der Waals surface area contributed by atoms with Crippen LogP contribution in [0.5, 0.6) is 0 Å². The number of rotatable bonds is 4. The summed E-state index contributed by atoms with van der Waals surface area (Å²) in [5.41, 5.74) is 9.44. The van der Waals surface area contributed by atoms with Crippen LogP contribution in [0.25, 0.3) is 22.4 Å². The van der Waals surface area contributed by atoms with Crippen molar-refractivity contribution in [2.75, 3.05) is 5.01 Å². The Kier molecular flexibility index (Phi) is 5.68. The van der Waals surface area contributed by atoms with E-state index in [9.17, 15) is 14.4 Å². The molecule has 10 heteroatoms. The summed E-state index contributed by atoms with van der Waals surface area (Å²) in [5, 5.41) is 1.86. The van der Waals surface area contributed by atoms with E-state index in [1.165, 1.54) is 11.3 Å². The van der Waals surface area contributed by atoms with Gasteiger partial charge in [-0.2, -0.15) is 0 Å². The van der Waals surface area contributed by atoms with E-state index in [1.54, 1.807) is 67.6 Å². The Bertz CT molecular complexity index is 1450. The third-order valence-electron chi connectivity index (χ3n) is 5.37. The Hall–Kier alpha value is -4.99. The van der Waals surface area contributed by atoms with Crippen LogP contribution in [0.3, 0.4) is 0 Å². The summed E-state index contributed by atoms with van der Waals surface area (Å²) < 4.78 is 5.43. The highest BCUT2D eigenvalue weighted by Gasteiger charge is 2.31. The fraction of sp³-hybridized carbons (Fsp3) is 0.0800. The lowest BCUT2D eigenvalue weighted by molar-refractivity contribution is -0.120. The Balaban J connectivity index is 1.35. The number of para-hydroxylation sites is 2. The summed E-state index contributed by atoms with van der Waals surface area (Å²) in [4.78, 5) is 47.1. The molecule has 2 aromatic heterocycles. The molecule has 3 heterocycles. The molecule has 1 aliphatic rings. The third kappa shape index (κ3) is 4.32. The van der Waals surface area contributed by atoms with E-state index in [4.69, 9.17) is 4.42 Å². The van der Waals surface area contributed by atoms with Crippen LogP contribution in [0.4, 0.5) is 5.69 Å². The van der Waals surface area contributed by atoms with Gasteiger partial charge >= 0.3 is 5.91 Å². The predicted octanol–water partition coefficient (Wildman–Crippen LogP) is 2.59. The summed E-state index contributed by atoms with van der Waals surface area (Å²) >= 11 is 0. The first-order valence-electron chi connectivity index (χ1n) is 10.8. The minimum absolute atomic E-state index is 0.114. The van der Waals surface area contributed by atoms with Crippen LogP contribution in [-0.2, 0) is 9.59 Å². The van der Waals surface area contributed by atoms with E-state index in [1.807, 2.05) is 12.1 Å². The molecule has 174 valence electrons. The minimum Gasteiger partial charge on any atom is -0.463 e. The van der Waals surface area contributed by atoms with Gasteiger partial charge in [-0.25, -0.2) is 15.0 Å². The van der Waals surface area contributed by atoms with Crippen molar-refractivity contribution in [1.29, 1.82) is 0 Å². The van der Waals surface area contributed by atoms with Gasteiger partial charge < -0.3 is 4.42 Å². The van der Waals surface area contributed by atoms with Gasteiger partial charge in [-0.1, -0.05) is 36.4 Å². The van der Waals surface area contributed by atoms with Crippen LogP contribution in [0, 0.1) is 0 Å². The Morgan fingerprint density at radius 3 is 2.49 bits per heavy atom. The van der Waals surface area contributed by atoms with Crippen LogP contribution < -0.4 is 21.3 Å². The van der Waals surface area contributed by atoms with Crippen molar-refractivity contribution in [3.05, 3.63) is 84.6 Å². The molecular weight excluding hydrogens is 448 g/mol. The lowest BCUT2D eigenvalue weighted by Crippen LogP contribution is -2.59. The van der Waals surface area contributed by atoms with Gasteiger partial charge in [0.1, 0.15) is 11.7 Å². The molecule has 4 aromatic rings. The van der Waals surface area contributed by atoms with Crippen molar-refractivity contribution in [2.45, 2.75) is 13.0 Å². The number of amidine groups is 1. The Labute approximate surface area is 199 Å². The molecule has 0 saturated heterocycles. The largest absolute Gasteiger partial charge is 0.463 e. The van der Waals surface area contributed by atoms with Gasteiger partial charge in [0, 0.05) is 5.39 Å². The number of hydrogen-bond donors (Lipinski definition) is 3. The number of furan rings is 1. The summed E-state index contributed by atoms with van der Waals surface area (Å²) in [5.74, 6) is -1.18. The van der Waals surface area contributed by atoms with E-state index >= 15 is 0 Å². The zero-order valence-corrected chi connectivity index (χ0v) is 18.6. The van der Waals surface area contributed by atoms with Crippen molar-refractivity contribution >= 4 is 40.1 Å². The molecule has 0 radical (unpaired) electrons. The number of aromatic nitrogens is 1. The molecule has 0 aliphatic carbocycles. The molecule has 1 unspecified atom stereocenters. The van der Waals surface area contributed by atoms with Gasteiger partial charge in [-0.05, 0) is 43.3 Å². The Morgan fingerprint density at radius 1 is 0.971 bits per heavy atom. The SMILES string of the molecule is CC1N=C(C(=O)NNC(=O)c2cc(-c3ccco3)nc3ccccc23)NN(c2ccccc2)C1=O. The highest BCUT2D eigenvalue weighted by Crippen LogP contribution is 2.25. The van der Waals surface area contributed by atoms with Crippen molar-refractivity contribution in [3.8, 4) is 11.5 Å². The van der Waals surface area contributed by atoms with Crippen LogP contribution in [0.15, 0.2) is 88.5 Å². The maximum absolute atomic E-state index is 13.1. The molecule has 35 heavy (non-hydrogen) atoms. The van der Waals surface area contributed by atoms with Crippen molar-refractivity contribution in [2.24, 2.45) is 4.99 Å². The molecule has 0 spiro atoms. The fourth-order valence-electron chi connectivity index (χ4n) is 3.66. The molecule has 2 aromatic carbocycles. The number of benzene rings is 2. The zero-order chi connectivity index (χ0) is 24.4. The number of carbonyl (C=O) groups is 3. The van der Waals surface area contributed by atoms with Gasteiger partial charge in [0.15, 0.2) is 5.76 Å². The maximum Gasteiger partial charge on any atom is 0.306 e. The van der Waals surface area contributed by atoms with Crippen LogP contribution in [0.1, 0.15) is 17.3 Å². The number of carbonyl (C=O) groups excluding carboxylic acids is 3. The molecule has 3 amide bonds. The number of hydrazine groups is 2. The first kappa shape index (κ1) is 21.8. The number of fused-ring (bicyclic) bond motifs is 1. The fourth-order valence-corrected chi connectivity index (χ4v) is 3.66. The topological polar surface area (TPSA) is 129 Å². The lowest BCUT2D eigenvalue weighted by atomic mass is 10.1. The molecule has 0 saturated carbocycles. The van der Waals surface area contributed by atoms with E-state index in [-0.39, 0.29) is 11.7 Å². The molecule has 0 bridgehead atoms. The monoisotopic (exact) mass is 468 g/mol. The number of nitrogens with zero attached hydrogens (tertiary/aromatic N) is 3. The molecular formula is C25H20N6O4. The zero-order valence-electron chi connectivity index (χ0n) is 18.6. The number of anilines is 1. The molecule has 1 aliphatic heterocycles. The maximum atomic E-state index is 13.1. The van der Waals surface area contributed by atoms with Gasteiger partial charge in [0.05, 0.1) is 23.0 Å². The summed E-state index contributed by atoms with van der Waals surface area (Å²) in [7, 11) is 0. The van der Waals surface area contributed by atoms with Crippen LogP contribution in [0.2, 0.25) is 0 Å². The standard InChI is InChI=1S/C25H20N6O4/c1-15-25(34)31(16-8-3-2-4-9-16)30-22(26-15)24(33)29-28-23(32)18-14-20(21-12-7-13-35-21)27-19-11-6-5-10-17(18)19/h2-15H,1H3,(H,26,30)(H,28,32)(H,29,33). The number of hydrogen-bond acceptors (Lipinski definition) is 7. The number of aliphatic imine (C=N–C) groups is 1. The summed E-state index contributed by atoms with van der Waals surface area (Å²) in [6.07, 6.45) is 1.52. The smallest absolute Gasteiger partial charge is 0.306 e. The molecule has 1 atom stereocenters. The highest BCUT2D eigenvalue weighted by molar-refractivity contribution is 6.39. The first-order valence-corrected chi connectivity index (χ1v) is 10.8. The van der Waals surface area contributed by atoms with Gasteiger partial charge in [-0.3, -0.25) is 30.7 Å². The van der Waals surface area contributed by atoms with Crippen molar-refractivity contribution in [1.82, 2.24) is 21.3 Å². The first-order chi connectivity index (χ1) is 17.0. The van der Waals surface area contributed by atoms with Crippen molar-refractivity contribution < 1.29 is 18.8 Å². The minimum atomic E-state index is -0.784. The number of pyridine rings is 1. The molecule has 10 nitrogen and oxygen atoms in total. The Morgan fingerprint density at radius 2 is 1.71 bits per heavy atom. The summed E-state index contributed by atoms with van der Waals surface area (Å²) in [6, 6.07) is 20.3. The average molecular weight is 468 g/mol. The van der Waals surface area contributed by atoms with E-state index in [2.05, 4.69) is 26.3 Å². The van der Waals surface area contributed by atoms with Crippen LogP contribution in [-0.4, -0.2) is 34.6 Å². The summed E-state index contributed by atoms with van der Waals surface area (Å²) in [6.45, 7) is 1.59. The second kappa shape index (κ2) is 9.10. The normalized spacial score (nSPS) is 15.3. The molecule has 0 fully saturated rings. The second-order valence-corrected chi connectivity index (χ2v) is 7.73. The van der Waals surface area contributed by atoms with Gasteiger partial charge in [0.2, 0.25) is 5.84 Å². The molecule has 5 rings (SSSR count). The van der Waals surface area contributed by atoms with Gasteiger partial charge in [0.25, 0.3) is 11.8 Å². The van der Waals surface area contributed by atoms with Crippen molar-refractivity contribution in [3.63, 3.8) is 0 Å². The van der Waals surface area contributed by atoms with Gasteiger partial charge in [-0.15, -0.1) is 0 Å². The molecule has 3 N–H and O–H groups in total. The third-order valence-corrected chi connectivity index (χ3v) is 5.37.